The molecular formula is C29H25NO4. The average molecular weight is 452 g/mol. The SMILES string of the molecule is COC(=O)C1=C(C)NC2=C(C(=O)c3ccccc32)[C@@H]1c1ccccc1OCc1cccc(C)c1. The fourth-order valence-corrected chi connectivity index (χ4v) is 4.83. The number of hydrogen-bond donors (Lipinski definition) is 1. The molecule has 0 bridgehead atoms. The number of para-hydroxylation sites is 1. The summed E-state index contributed by atoms with van der Waals surface area (Å²) in [6, 6.07) is 23.2. The lowest BCUT2D eigenvalue weighted by atomic mass is 9.79. The number of allylic oxidation sites excluding steroid dienone is 2. The fourth-order valence-electron chi connectivity index (χ4n) is 4.83. The molecule has 1 aliphatic heterocycles. The van der Waals surface area contributed by atoms with Gasteiger partial charge in [-0.25, -0.2) is 4.79 Å². The zero-order chi connectivity index (χ0) is 23.8. The minimum Gasteiger partial charge on any atom is -0.489 e. The van der Waals surface area contributed by atoms with Crippen LogP contribution in [0.3, 0.4) is 0 Å². The lowest BCUT2D eigenvalue weighted by Crippen LogP contribution is -2.29. The molecule has 0 saturated carbocycles. The highest BCUT2D eigenvalue weighted by atomic mass is 16.5. The molecule has 1 atom stereocenters. The number of hydrogen-bond acceptors (Lipinski definition) is 5. The second-order valence-corrected chi connectivity index (χ2v) is 8.57. The van der Waals surface area contributed by atoms with E-state index in [0.717, 1.165) is 28.0 Å². The van der Waals surface area contributed by atoms with Crippen molar-refractivity contribution in [1.29, 1.82) is 0 Å². The van der Waals surface area contributed by atoms with Crippen LogP contribution in [-0.4, -0.2) is 18.9 Å². The van der Waals surface area contributed by atoms with Gasteiger partial charge in [-0.1, -0.05) is 72.3 Å². The van der Waals surface area contributed by atoms with Crippen LogP contribution in [0.4, 0.5) is 0 Å². The van der Waals surface area contributed by atoms with E-state index in [-0.39, 0.29) is 5.78 Å². The number of dihydropyridines is 1. The fraction of sp³-hybridized carbons (Fsp3) is 0.172. The molecule has 1 heterocycles. The van der Waals surface area contributed by atoms with E-state index in [1.807, 2.05) is 80.6 Å². The largest absolute Gasteiger partial charge is 0.489 e. The molecule has 5 rings (SSSR count). The van der Waals surface area contributed by atoms with Gasteiger partial charge in [0.15, 0.2) is 5.78 Å². The summed E-state index contributed by atoms with van der Waals surface area (Å²) in [4.78, 5) is 26.6. The molecule has 1 aliphatic carbocycles. The highest BCUT2D eigenvalue weighted by molar-refractivity contribution is 6.23. The summed E-state index contributed by atoms with van der Waals surface area (Å²) >= 11 is 0. The molecule has 0 spiro atoms. The number of benzene rings is 3. The molecule has 0 fully saturated rings. The number of carbonyl (C=O) groups is 2. The number of aryl methyl sites for hydroxylation is 1. The van der Waals surface area contributed by atoms with Gasteiger partial charge in [-0.2, -0.15) is 0 Å². The van der Waals surface area contributed by atoms with Gasteiger partial charge in [0.2, 0.25) is 0 Å². The minimum absolute atomic E-state index is 0.0921. The molecule has 5 heteroatoms. The number of esters is 1. The van der Waals surface area contributed by atoms with Gasteiger partial charge in [-0.3, -0.25) is 4.79 Å². The Morgan fingerprint density at radius 1 is 0.941 bits per heavy atom. The number of Topliss-reactive ketones (excluding diaryl/α,β-unsaturated/α-hetero) is 1. The van der Waals surface area contributed by atoms with Crippen molar-refractivity contribution in [3.8, 4) is 5.75 Å². The van der Waals surface area contributed by atoms with Gasteiger partial charge >= 0.3 is 5.97 Å². The molecule has 34 heavy (non-hydrogen) atoms. The standard InChI is InChI=1S/C29H25NO4/c1-17-9-8-10-19(15-17)16-34-23-14-7-6-13-22(23)25-24(29(32)33-3)18(2)30-27-20-11-4-5-12-21(20)28(31)26(25)27/h4-15,25,30H,16H2,1-3H3/t25-/m1/s1. The third-order valence-corrected chi connectivity index (χ3v) is 6.36. The first kappa shape index (κ1) is 21.7. The normalized spacial score (nSPS) is 16.7. The topological polar surface area (TPSA) is 64.6 Å². The van der Waals surface area contributed by atoms with Gasteiger partial charge < -0.3 is 14.8 Å². The number of nitrogens with one attached hydrogen (secondary N) is 1. The van der Waals surface area contributed by atoms with Crippen LogP contribution in [0, 0.1) is 6.92 Å². The quantitative estimate of drug-likeness (QED) is 0.532. The van der Waals surface area contributed by atoms with Crippen LogP contribution in [0.15, 0.2) is 89.6 Å². The van der Waals surface area contributed by atoms with E-state index < -0.39 is 11.9 Å². The highest BCUT2D eigenvalue weighted by Crippen LogP contribution is 2.48. The molecule has 3 aromatic rings. The van der Waals surface area contributed by atoms with Crippen molar-refractivity contribution in [2.45, 2.75) is 26.4 Å². The summed E-state index contributed by atoms with van der Waals surface area (Å²) in [6.45, 7) is 4.25. The Labute approximate surface area is 198 Å². The predicted octanol–water partition coefficient (Wildman–Crippen LogP) is 5.32. The first-order chi connectivity index (χ1) is 16.5. The summed E-state index contributed by atoms with van der Waals surface area (Å²) in [5, 5.41) is 3.31. The Kier molecular flexibility index (Phi) is 5.54. The van der Waals surface area contributed by atoms with Crippen molar-refractivity contribution >= 4 is 17.4 Å². The Morgan fingerprint density at radius 2 is 1.68 bits per heavy atom. The summed E-state index contributed by atoms with van der Waals surface area (Å²) in [6.07, 6.45) is 0. The first-order valence-electron chi connectivity index (χ1n) is 11.2. The number of ketones is 1. The van der Waals surface area contributed by atoms with Gasteiger partial charge in [0, 0.05) is 28.0 Å². The lowest BCUT2D eigenvalue weighted by molar-refractivity contribution is -0.136. The Bertz CT molecular complexity index is 1380. The number of fused-ring (bicyclic) bond motifs is 2. The zero-order valence-electron chi connectivity index (χ0n) is 19.3. The number of carbonyl (C=O) groups excluding carboxylic acids is 2. The zero-order valence-corrected chi connectivity index (χ0v) is 19.3. The van der Waals surface area contributed by atoms with Crippen molar-refractivity contribution in [3.63, 3.8) is 0 Å². The van der Waals surface area contributed by atoms with E-state index in [2.05, 4.69) is 11.4 Å². The molecule has 2 aliphatic rings. The van der Waals surface area contributed by atoms with Crippen LogP contribution < -0.4 is 10.1 Å². The maximum absolute atomic E-state index is 13.6. The summed E-state index contributed by atoms with van der Waals surface area (Å²) in [5.74, 6) is -0.553. The van der Waals surface area contributed by atoms with E-state index in [0.29, 0.717) is 34.8 Å². The van der Waals surface area contributed by atoms with Gasteiger partial charge in [-0.15, -0.1) is 0 Å². The van der Waals surface area contributed by atoms with Gasteiger partial charge in [-0.05, 0) is 25.5 Å². The van der Waals surface area contributed by atoms with E-state index >= 15 is 0 Å². The van der Waals surface area contributed by atoms with Crippen molar-refractivity contribution in [2.75, 3.05) is 7.11 Å². The summed E-state index contributed by atoms with van der Waals surface area (Å²) in [5.41, 5.74) is 6.78. The minimum atomic E-state index is -0.614. The van der Waals surface area contributed by atoms with E-state index in [4.69, 9.17) is 9.47 Å². The predicted molar refractivity (Wildman–Crippen MR) is 130 cm³/mol. The molecule has 0 radical (unpaired) electrons. The van der Waals surface area contributed by atoms with Crippen LogP contribution in [0.25, 0.3) is 5.70 Å². The average Bonchev–Trinajstić information content (AvgIpc) is 3.13. The maximum Gasteiger partial charge on any atom is 0.336 e. The lowest BCUT2D eigenvalue weighted by Gasteiger charge is -2.30. The first-order valence-corrected chi connectivity index (χ1v) is 11.2. The van der Waals surface area contributed by atoms with Crippen LogP contribution in [0.2, 0.25) is 0 Å². The van der Waals surface area contributed by atoms with Crippen LogP contribution in [0.5, 0.6) is 5.75 Å². The summed E-state index contributed by atoms with van der Waals surface area (Å²) in [7, 11) is 1.36. The molecular weight excluding hydrogens is 426 g/mol. The Hall–Kier alpha value is -4.12. The second-order valence-electron chi connectivity index (χ2n) is 8.57. The molecule has 5 nitrogen and oxygen atoms in total. The molecule has 0 unspecified atom stereocenters. The second kappa shape index (κ2) is 8.67. The van der Waals surface area contributed by atoms with E-state index in [9.17, 15) is 9.59 Å². The van der Waals surface area contributed by atoms with Crippen molar-refractivity contribution < 1.29 is 19.1 Å². The third kappa shape index (κ3) is 3.59. The maximum atomic E-state index is 13.6. The third-order valence-electron chi connectivity index (χ3n) is 6.36. The van der Waals surface area contributed by atoms with Crippen molar-refractivity contribution in [2.24, 2.45) is 0 Å². The molecule has 3 aromatic carbocycles. The smallest absolute Gasteiger partial charge is 0.336 e. The molecule has 170 valence electrons. The Morgan fingerprint density at radius 3 is 2.44 bits per heavy atom. The van der Waals surface area contributed by atoms with Crippen molar-refractivity contribution in [3.05, 3.63) is 117 Å². The monoisotopic (exact) mass is 451 g/mol. The molecule has 0 saturated heterocycles. The van der Waals surface area contributed by atoms with Crippen LogP contribution >= 0.6 is 0 Å². The van der Waals surface area contributed by atoms with Gasteiger partial charge in [0.05, 0.1) is 24.3 Å². The number of ether oxygens (including phenoxy) is 2. The van der Waals surface area contributed by atoms with Gasteiger partial charge in [0.25, 0.3) is 0 Å². The molecule has 0 aromatic heterocycles. The number of methoxy groups -OCH3 is 1. The summed E-state index contributed by atoms with van der Waals surface area (Å²) < 4.78 is 11.4. The van der Waals surface area contributed by atoms with Crippen LogP contribution in [0.1, 0.15) is 45.5 Å². The molecule has 1 N–H and O–H groups in total. The number of rotatable bonds is 5. The van der Waals surface area contributed by atoms with E-state index in [1.165, 1.54) is 7.11 Å². The van der Waals surface area contributed by atoms with E-state index in [1.54, 1.807) is 0 Å². The highest BCUT2D eigenvalue weighted by Gasteiger charge is 2.43. The molecule has 0 amide bonds. The van der Waals surface area contributed by atoms with Crippen molar-refractivity contribution in [1.82, 2.24) is 5.32 Å². The Balaban J connectivity index is 1.62. The van der Waals surface area contributed by atoms with Crippen LogP contribution in [-0.2, 0) is 16.1 Å². The van der Waals surface area contributed by atoms with Gasteiger partial charge in [0.1, 0.15) is 12.4 Å².